The van der Waals surface area contributed by atoms with Crippen molar-refractivity contribution >= 4 is 0 Å². The Hall–Kier alpha value is -1.87. The molecule has 0 radical (unpaired) electrons. The van der Waals surface area contributed by atoms with Gasteiger partial charge in [-0.25, -0.2) is 0 Å². The Kier molecular flexibility index (Phi) is 4.97. The summed E-state index contributed by atoms with van der Waals surface area (Å²) in [6.07, 6.45) is 1.74. The van der Waals surface area contributed by atoms with Gasteiger partial charge in [-0.3, -0.25) is 4.98 Å². The molecule has 1 aromatic heterocycles. The van der Waals surface area contributed by atoms with Crippen molar-refractivity contribution in [1.82, 2.24) is 4.98 Å². The van der Waals surface area contributed by atoms with Crippen LogP contribution in [0.2, 0.25) is 0 Å². The van der Waals surface area contributed by atoms with E-state index in [2.05, 4.69) is 31.0 Å². The van der Waals surface area contributed by atoms with Gasteiger partial charge in [0.2, 0.25) is 0 Å². The highest BCUT2D eigenvalue weighted by Gasteiger charge is 2.08. The summed E-state index contributed by atoms with van der Waals surface area (Å²) < 4.78 is 6.05. The lowest BCUT2D eigenvalue weighted by molar-refractivity contribution is 0.469. The highest BCUT2D eigenvalue weighted by Crippen LogP contribution is 2.28. The molecule has 1 unspecified atom stereocenters. The molecule has 0 aliphatic carbocycles. The number of nitrogens with zero attached hydrogens (tertiary/aromatic N) is 1. The van der Waals surface area contributed by atoms with Gasteiger partial charge < -0.3 is 10.5 Å². The third-order valence-corrected chi connectivity index (χ3v) is 3.42. The van der Waals surface area contributed by atoms with Crippen LogP contribution in [0, 0.1) is 13.8 Å². The van der Waals surface area contributed by atoms with Gasteiger partial charge in [0.05, 0.1) is 5.69 Å². The van der Waals surface area contributed by atoms with Gasteiger partial charge in [0.15, 0.2) is 0 Å². The fraction of sp³-hybridized carbons (Fsp3) is 0.389. The molecule has 0 aliphatic rings. The SMILES string of the molecule is CCc1nc(C)ccc1Oc1ccc(CC(C)N)cc1C. The Morgan fingerprint density at radius 2 is 1.86 bits per heavy atom. The second-order valence-corrected chi connectivity index (χ2v) is 5.63. The number of aryl methyl sites for hydroxylation is 3. The van der Waals surface area contributed by atoms with E-state index in [4.69, 9.17) is 10.5 Å². The zero-order valence-corrected chi connectivity index (χ0v) is 13.3. The van der Waals surface area contributed by atoms with Gasteiger partial charge in [-0.15, -0.1) is 0 Å². The van der Waals surface area contributed by atoms with Crippen molar-refractivity contribution in [2.45, 2.75) is 46.6 Å². The van der Waals surface area contributed by atoms with Crippen LogP contribution in [0.1, 0.15) is 36.4 Å². The largest absolute Gasteiger partial charge is 0.455 e. The third kappa shape index (κ3) is 4.05. The van der Waals surface area contributed by atoms with Crippen molar-refractivity contribution in [1.29, 1.82) is 0 Å². The number of hydrogen-bond acceptors (Lipinski definition) is 3. The lowest BCUT2D eigenvalue weighted by atomic mass is 10.0. The van der Waals surface area contributed by atoms with E-state index in [0.29, 0.717) is 0 Å². The molecule has 3 heteroatoms. The first kappa shape index (κ1) is 15.5. The Morgan fingerprint density at radius 3 is 2.48 bits per heavy atom. The average Bonchev–Trinajstić information content (AvgIpc) is 2.42. The molecular formula is C18H24N2O. The lowest BCUT2D eigenvalue weighted by Crippen LogP contribution is -2.17. The predicted octanol–water partition coefficient (Wildman–Crippen LogP) is 3.94. The van der Waals surface area contributed by atoms with E-state index in [-0.39, 0.29) is 6.04 Å². The number of pyridine rings is 1. The van der Waals surface area contributed by atoms with Crippen LogP contribution < -0.4 is 10.5 Å². The van der Waals surface area contributed by atoms with Crippen molar-refractivity contribution in [3.05, 3.63) is 52.8 Å². The maximum absolute atomic E-state index is 6.05. The first-order valence-corrected chi connectivity index (χ1v) is 7.49. The summed E-state index contributed by atoms with van der Waals surface area (Å²) in [5.41, 5.74) is 10.2. The van der Waals surface area contributed by atoms with Gasteiger partial charge in [0, 0.05) is 11.7 Å². The molecule has 3 nitrogen and oxygen atoms in total. The maximum atomic E-state index is 6.05. The Morgan fingerprint density at radius 1 is 1.14 bits per heavy atom. The van der Waals surface area contributed by atoms with Crippen LogP contribution in [0.5, 0.6) is 11.5 Å². The second-order valence-electron chi connectivity index (χ2n) is 5.63. The van der Waals surface area contributed by atoms with Crippen LogP contribution in [-0.2, 0) is 12.8 Å². The summed E-state index contributed by atoms with van der Waals surface area (Å²) in [5, 5.41) is 0. The normalized spacial score (nSPS) is 12.2. The third-order valence-electron chi connectivity index (χ3n) is 3.42. The number of benzene rings is 1. The van der Waals surface area contributed by atoms with Crippen LogP contribution in [0.25, 0.3) is 0 Å². The summed E-state index contributed by atoms with van der Waals surface area (Å²) in [6, 6.07) is 10.4. The molecule has 0 spiro atoms. The van der Waals surface area contributed by atoms with Gasteiger partial charge in [-0.1, -0.05) is 19.1 Å². The fourth-order valence-electron chi connectivity index (χ4n) is 2.39. The number of nitrogens with two attached hydrogens (primary N) is 1. The molecule has 2 rings (SSSR count). The minimum Gasteiger partial charge on any atom is -0.455 e. The summed E-state index contributed by atoms with van der Waals surface area (Å²) in [7, 11) is 0. The van der Waals surface area contributed by atoms with Crippen LogP contribution in [0.4, 0.5) is 0 Å². The summed E-state index contributed by atoms with van der Waals surface area (Å²) >= 11 is 0. The minimum atomic E-state index is 0.171. The van der Waals surface area contributed by atoms with Crippen molar-refractivity contribution in [2.24, 2.45) is 5.73 Å². The standard InChI is InChI=1S/C18H24N2O/c1-5-16-18(8-6-14(4)20-16)21-17-9-7-15(10-12(17)2)11-13(3)19/h6-10,13H,5,11,19H2,1-4H3. The molecule has 21 heavy (non-hydrogen) atoms. The Balaban J connectivity index is 2.24. The minimum absolute atomic E-state index is 0.171. The van der Waals surface area contributed by atoms with Crippen LogP contribution >= 0.6 is 0 Å². The molecule has 1 aromatic carbocycles. The summed E-state index contributed by atoms with van der Waals surface area (Å²) in [5.74, 6) is 1.72. The Labute approximate surface area is 127 Å². The molecule has 0 amide bonds. The van der Waals surface area contributed by atoms with Crippen LogP contribution in [0.3, 0.4) is 0 Å². The van der Waals surface area contributed by atoms with E-state index in [0.717, 1.165) is 41.3 Å². The Bertz CT molecular complexity index is 621. The van der Waals surface area contributed by atoms with Crippen molar-refractivity contribution in [3.63, 3.8) is 0 Å². The van der Waals surface area contributed by atoms with E-state index in [1.54, 1.807) is 0 Å². The number of aromatic nitrogens is 1. The molecule has 0 aliphatic heterocycles. The van der Waals surface area contributed by atoms with Gasteiger partial charge in [0.25, 0.3) is 0 Å². The van der Waals surface area contributed by atoms with Crippen LogP contribution in [0.15, 0.2) is 30.3 Å². The van der Waals surface area contributed by atoms with E-state index < -0.39 is 0 Å². The second kappa shape index (κ2) is 6.72. The molecule has 1 heterocycles. The van der Waals surface area contributed by atoms with E-state index in [9.17, 15) is 0 Å². The van der Waals surface area contributed by atoms with Gasteiger partial charge in [-0.2, -0.15) is 0 Å². The number of ether oxygens (including phenoxy) is 1. The van der Waals surface area contributed by atoms with E-state index >= 15 is 0 Å². The molecular weight excluding hydrogens is 260 g/mol. The molecule has 2 aromatic rings. The van der Waals surface area contributed by atoms with Gasteiger partial charge >= 0.3 is 0 Å². The first-order chi connectivity index (χ1) is 9.99. The zero-order chi connectivity index (χ0) is 15.4. The number of rotatable bonds is 5. The first-order valence-electron chi connectivity index (χ1n) is 7.49. The molecule has 112 valence electrons. The smallest absolute Gasteiger partial charge is 0.148 e. The van der Waals surface area contributed by atoms with E-state index in [1.165, 1.54) is 5.56 Å². The molecule has 0 bridgehead atoms. The predicted molar refractivity (Wildman–Crippen MR) is 87.0 cm³/mol. The molecule has 1 atom stereocenters. The molecule has 0 saturated heterocycles. The highest BCUT2D eigenvalue weighted by molar-refractivity contribution is 5.41. The lowest BCUT2D eigenvalue weighted by Gasteiger charge is -2.13. The quantitative estimate of drug-likeness (QED) is 0.904. The van der Waals surface area contributed by atoms with Gasteiger partial charge in [0.1, 0.15) is 11.5 Å². The average molecular weight is 284 g/mol. The number of hydrogen-bond donors (Lipinski definition) is 1. The molecule has 0 fully saturated rings. The van der Waals surface area contributed by atoms with Gasteiger partial charge in [-0.05, 0) is 62.9 Å². The monoisotopic (exact) mass is 284 g/mol. The summed E-state index contributed by atoms with van der Waals surface area (Å²) in [6.45, 7) is 8.17. The van der Waals surface area contributed by atoms with Crippen molar-refractivity contribution < 1.29 is 4.74 Å². The highest BCUT2D eigenvalue weighted by atomic mass is 16.5. The van der Waals surface area contributed by atoms with E-state index in [1.807, 2.05) is 32.0 Å². The maximum Gasteiger partial charge on any atom is 0.148 e. The van der Waals surface area contributed by atoms with Crippen LogP contribution in [-0.4, -0.2) is 11.0 Å². The zero-order valence-electron chi connectivity index (χ0n) is 13.3. The van der Waals surface area contributed by atoms with Crippen molar-refractivity contribution in [3.8, 4) is 11.5 Å². The van der Waals surface area contributed by atoms with Crippen molar-refractivity contribution in [2.75, 3.05) is 0 Å². The summed E-state index contributed by atoms with van der Waals surface area (Å²) in [4.78, 5) is 4.53. The topological polar surface area (TPSA) is 48.1 Å². The molecule has 0 saturated carbocycles. The fourth-order valence-corrected chi connectivity index (χ4v) is 2.39. The molecule has 2 N–H and O–H groups in total.